The van der Waals surface area contributed by atoms with Gasteiger partial charge in [0.15, 0.2) is 6.10 Å². The van der Waals surface area contributed by atoms with Gasteiger partial charge in [-0.25, -0.2) is 0 Å². The number of allylic oxidation sites excluding steroid dienone is 14. The highest BCUT2D eigenvalue weighted by Crippen LogP contribution is 2.18. The van der Waals surface area contributed by atoms with Crippen LogP contribution in [0.2, 0.25) is 0 Å². The third kappa shape index (κ3) is 65.4. The summed E-state index contributed by atoms with van der Waals surface area (Å²) in [6.45, 7) is 6.48. The molecule has 0 aliphatic carbocycles. The van der Waals surface area contributed by atoms with Crippen molar-refractivity contribution in [3.63, 3.8) is 0 Å². The van der Waals surface area contributed by atoms with Gasteiger partial charge >= 0.3 is 17.9 Å². The van der Waals surface area contributed by atoms with Crippen LogP contribution < -0.4 is 0 Å². The Morgan fingerprint density at radius 3 is 0.838 bits per heavy atom. The Hall–Kier alpha value is -3.41. The lowest BCUT2D eigenvalue weighted by molar-refractivity contribution is -0.166. The van der Waals surface area contributed by atoms with Crippen molar-refractivity contribution in [3.8, 4) is 0 Å². The minimum absolute atomic E-state index is 0.102. The molecule has 0 aromatic carbocycles. The van der Waals surface area contributed by atoms with E-state index in [0.717, 1.165) is 89.9 Å². The first-order valence-corrected chi connectivity index (χ1v) is 34.6. The molecule has 80 heavy (non-hydrogen) atoms. The van der Waals surface area contributed by atoms with E-state index in [4.69, 9.17) is 14.2 Å². The van der Waals surface area contributed by atoms with Crippen LogP contribution in [-0.2, 0) is 28.6 Å². The maximum absolute atomic E-state index is 12.9. The van der Waals surface area contributed by atoms with Crippen molar-refractivity contribution >= 4 is 17.9 Å². The highest BCUT2D eigenvalue weighted by atomic mass is 16.6. The zero-order chi connectivity index (χ0) is 57.8. The summed E-state index contributed by atoms with van der Waals surface area (Å²) in [5.41, 5.74) is 0. The number of carbonyl (C=O) groups excluding carboxylic acids is 3. The fraction of sp³-hybridized carbons (Fsp3) is 0.770. The average Bonchev–Trinajstić information content (AvgIpc) is 3.46. The van der Waals surface area contributed by atoms with Crippen molar-refractivity contribution in [2.75, 3.05) is 13.2 Å². The van der Waals surface area contributed by atoms with E-state index in [0.29, 0.717) is 19.3 Å². The first-order valence-electron chi connectivity index (χ1n) is 34.6. The van der Waals surface area contributed by atoms with Gasteiger partial charge in [-0.2, -0.15) is 0 Å². The number of ether oxygens (including phenoxy) is 3. The molecule has 0 N–H and O–H groups in total. The highest BCUT2D eigenvalue weighted by molar-refractivity contribution is 5.71. The van der Waals surface area contributed by atoms with Gasteiger partial charge in [0.05, 0.1) is 0 Å². The summed E-state index contributed by atoms with van der Waals surface area (Å²) >= 11 is 0. The number of esters is 3. The van der Waals surface area contributed by atoms with Crippen molar-refractivity contribution in [3.05, 3.63) is 85.1 Å². The molecule has 6 heteroatoms. The van der Waals surface area contributed by atoms with Crippen molar-refractivity contribution in [1.29, 1.82) is 0 Å². The van der Waals surface area contributed by atoms with Gasteiger partial charge in [0.25, 0.3) is 0 Å². The molecule has 1 atom stereocenters. The fourth-order valence-corrected chi connectivity index (χ4v) is 10.00. The predicted octanol–water partition coefficient (Wildman–Crippen LogP) is 23.8. The average molecular weight is 1120 g/mol. The van der Waals surface area contributed by atoms with Crippen LogP contribution in [-0.4, -0.2) is 37.2 Å². The molecule has 0 heterocycles. The van der Waals surface area contributed by atoms with Crippen LogP contribution >= 0.6 is 0 Å². The molecule has 0 rings (SSSR count). The van der Waals surface area contributed by atoms with E-state index in [2.05, 4.69) is 99.8 Å². The number of unbranched alkanes of at least 4 members (excludes halogenated alkanes) is 38. The van der Waals surface area contributed by atoms with Crippen LogP contribution in [0, 0.1) is 0 Å². The third-order valence-corrected chi connectivity index (χ3v) is 15.1. The molecule has 0 saturated heterocycles. The van der Waals surface area contributed by atoms with E-state index in [9.17, 15) is 14.4 Å². The van der Waals surface area contributed by atoms with Gasteiger partial charge < -0.3 is 14.2 Å². The van der Waals surface area contributed by atoms with Gasteiger partial charge in [-0.3, -0.25) is 14.4 Å². The fourth-order valence-electron chi connectivity index (χ4n) is 10.00. The number of hydrogen-bond acceptors (Lipinski definition) is 6. The molecule has 0 fully saturated rings. The monoisotopic (exact) mass is 1110 g/mol. The summed E-state index contributed by atoms with van der Waals surface area (Å²) < 4.78 is 16.9. The first kappa shape index (κ1) is 76.6. The second-order valence-corrected chi connectivity index (χ2v) is 23.1. The molecule has 6 nitrogen and oxygen atoms in total. The van der Waals surface area contributed by atoms with Gasteiger partial charge in [-0.05, 0) is 83.5 Å². The largest absolute Gasteiger partial charge is 0.462 e. The van der Waals surface area contributed by atoms with Crippen LogP contribution in [0.3, 0.4) is 0 Å². The van der Waals surface area contributed by atoms with Crippen LogP contribution in [0.5, 0.6) is 0 Å². The van der Waals surface area contributed by atoms with E-state index in [1.54, 1.807) is 0 Å². The summed E-state index contributed by atoms with van der Waals surface area (Å²) in [7, 11) is 0. The second-order valence-electron chi connectivity index (χ2n) is 23.1. The molecule has 0 saturated carbocycles. The van der Waals surface area contributed by atoms with Crippen molar-refractivity contribution in [2.24, 2.45) is 0 Å². The normalized spacial score (nSPS) is 12.6. The summed E-state index contributed by atoms with van der Waals surface area (Å²) in [6.07, 6.45) is 90.7. The Kier molecular flexibility index (Phi) is 65.2. The van der Waals surface area contributed by atoms with Crippen LogP contribution in [0.1, 0.15) is 348 Å². The number of hydrogen-bond donors (Lipinski definition) is 0. The van der Waals surface area contributed by atoms with Gasteiger partial charge in [0.1, 0.15) is 13.2 Å². The van der Waals surface area contributed by atoms with Crippen LogP contribution in [0.4, 0.5) is 0 Å². The summed E-state index contributed by atoms with van der Waals surface area (Å²) in [4.78, 5) is 38.3. The molecule has 0 aromatic heterocycles. The molecule has 1 unspecified atom stereocenters. The molecule has 0 radical (unpaired) electrons. The van der Waals surface area contributed by atoms with E-state index in [1.165, 1.54) is 212 Å². The maximum atomic E-state index is 12.9. The van der Waals surface area contributed by atoms with E-state index >= 15 is 0 Å². The Morgan fingerprint density at radius 1 is 0.263 bits per heavy atom. The van der Waals surface area contributed by atoms with Crippen molar-refractivity contribution in [1.82, 2.24) is 0 Å². The quantitative estimate of drug-likeness (QED) is 0.0261. The SMILES string of the molecule is CC/C=C\C/C=C\C/C=C\C/C=C\CCC(=O)OCC(COC(=O)CCCCCCCCCCCCCCCCCCCCCCCCCCCCCC)OC(=O)CCCCCCCC/C=C\C/C=C\C/C=C\CCCCCCC. The van der Waals surface area contributed by atoms with Gasteiger partial charge in [-0.15, -0.1) is 0 Å². The number of rotatable bonds is 63. The Bertz CT molecular complexity index is 1520. The second kappa shape index (κ2) is 68.1. The smallest absolute Gasteiger partial charge is 0.306 e. The molecule has 0 bridgehead atoms. The third-order valence-electron chi connectivity index (χ3n) is 15.1. The summed E-state index contributed by atoms with van der Waals surface area (Å²) in [6, 6.07) is 0. The maximum Gasteiger partial charge on any atom is 0.306 e. The summed E-state index contributed by atoms with van der Waals surface area (Å²) in [5.74, 6) is -0.985. The van der Waals surface area contributed by atoms with E-state index in [1.807, 2.05) is 6.08 Å². The number of carbonyl (C=O) groups is 3. The lowest BCUT2D eigenvalue weighted by atomic mass is 10.0. The van der Waals surface area contributed by atoms with Crippen molar-refractivity contribution in [2.45, 2.75) is 354 Å². The Morgan fingerprint density at radius 2 is 0.512 bits per heavy atom. The first-order chi connectivity index (χ1) is 39.5. The zero-order valence-electron chi connectivity index (χ0n) is 53.1. The lowest BCUT2D eigenvalue weighted by Gasteiger charge is -2.18. The minimum atomic E-state index is -0.813. The van der Waals surface area contributed by atoms with Crippen LogP contribution in [0.25, 0.3) is 0 Å². The summed E-state index contributed by atoms with van der Waals surface area (Å²) in [5, 5.41) is 0. The van der Waals surface area contributed by atoms with E-state index < -0.39 is 6.10 Å². The standard InChI is InChI=1S/C74H130O6/c1-4-7-10-13-16-19-22-25-27-29-31-33-34-35-36-37-38-39-41-42-44-46-49-52-55-58-61-64-67-73(76)79-70-71(69-78-72(75)66-63-60-57-54-51-48-24-21-18-15-12-9-6-3)80-74(77)68-65-62-59-56-53-50-47-45-43-40-32-30-28-26-23-20-17-14-11-8-5-2/h9,12,18,21,23,26,30,32,43,45,48,51,57,60,71H,4-8,10-11,13-17,19-20,22,24-25,27-29,31,33-42,44,46-47,49-50,52-56,58-59,61-70H2,1-3H3/b12-9-,21-18-,26-23-,32-30-,45-43-,51-48-,60-57-. The Balaban J connectivity index is 4.28. The van der Waals surface area contributed by atoms with Gasteiger partial charge in [-0.1, -0.05) is 331 Å². The van der Waals surface area contributed by atoms with Crippen molar-refractivity contribution < 1.29 is 28.6 Å². The lowest BCUT2D eigenvalue weighted by Crippen LogP contribution is -2.30. The molecule has 0 aliphatic rings. The molecule has 0 spiro atoms. The molecule has 0 aromatic rings. The molecule has 462 valence electrons. The topological polar surface area (TPSA) is 78.9 Å². The molecular formula is C74H130O6. The van der Waals surface area contributed by atoms with E-state index in [-0.39, 0.29) is 37.5 Å². The van der Waals surface area contributed by atoms with Crippen LogP contribution in [0.15, 0.2) is 85.1 Å². The Labute approximate surface area is 496 Å². The molecular weight excluding hydrogens is 985 g/mol. The minimum Gasteiger partial charge on any atom is -0.462 e. The molecule has 0 amide bonds. The van der Waals surface area contributed by atoms with Gasteiger partial charge in [0, 0.05) is 19.3 Å². The zero-order valence-corrected chi connectivity index (χ0v) is 53.1. The predicted molar refractivity (Wildman–Crippen MR) is 348 cm³/mol. The highest BCUT2D eigenvalue weighted by Gasteiger charge is 2.19. The van der Waals surface area contributed by atoms with Gasteiger partial charge in [0.2, 0.25) is 0 Å². The molecule has 0 aliphatic heterocycles.